The number of amides is 2. The first-order valence-electron chi connectivity index (χ1n) is 8.66. The molecule has 1 aromatic rings. The third-order valence-corrected chi connectivity index (χ3v) is 4.85. The maximum Gasteiger partial charge on any atom is 0.306 e. The second-order valence-electron chi connectivity index (χ2n) is 7.55. The zero-order valence-electron chi connectivity index (χ0n) is 15.3. The lowest BCUT2D eigenvalue weighted by molar-refractivity contribution is -0.148. The molecule has 1 aliphatic rings. The van der Waals surface area contributed by atoms with Crippen molar-refractivity contribution in [3.63, 3.8) is 0 Å². The standard InChI is InChI=1S/C19H25BrN2O4/c1-19(2,3)15(22-18(25)14-8-9-17(24)26-14)11-21-16(23)10-12-4-6-13(20)7-5-12/h4-7,14-15H,8-11H2,1-3H3,(H,21,23)(H,22,25)/t14?,15-/m1/s1. The number of carbonyl (C=O) groups excluding carboxylic acids is 3. The van der Waals surface area contributed by atoms with Crippen molar-refractivity contribution in [3.8, 4) is 0 Å². The molecule has 2 N–H and O–H groups in total. The molecular formula is C19H25BrN2O4. The lowest BCUT2D eigenvalue weighted by atomic mass is 9.86. The van der Waals surface area contributed by atoms with Gasteiger partial charge in [-0.1, -0.05) is 48.8 Å². The van der Waals surface area contributed by atoms with E-state index in [1.165, 1.54) is 0 Å². The van der Waals surface area contributed by atoms with Gasteiger partial charge < -0.3 is 15.4 Å². The minimum atomic E-state index is -0.731. The lowest BCUT2D eigenvalue weighted by Crippen LogP contribution is -2.53. The first-order valence-corrected chi connectivity index (χ1v) is 9.45. The minimum absolute atomic E-state index is 0.108. The Labute approximate surface area is 162 Å². The smallest absolute Gasteiger partial charge is 0.306 e. The Balaban J connectivity index is 1.89. The number of rotatable bonds is 6. The van der Waals surface area contributed by atoms with Crippen LogP contribution in [0.1, 0.15) is 39.2 Å². The Morgan fingerprint density at radius 3 is 2.46 bits per heavy atom. The number of nitrogens with one attached hydrogen (secondary N) is 2. The molecule has 1 heterocycles. The van der Waals surface area contributed by atoms with Crippen molar-refractivity contribution in [3.05, 3.63) is 34.3 Å². The van der Waals surface area contributed by atoms with Gasteiger partial charge in [0.05, 0.1) is 12.5 Å². The largest absolute Gasteiger partial charge is 0.452 e. The van der Waals surface area contributed by atoms with Gasteiger partial charge in [0.15, 0.2) is 6.10 Å². The zero-order chi connectivity index (χ0) is 19.3. The number of halogens is 1. The Morgan fingerprint density at radius 2 is 1.92 bits per heavy atom. The van der Waals surface area contributed by atoms with Crippen LogP contribution in [0.4, 0.5) is 0 Å². The molecule has 1 aromatic carbocycles. The fraction of sp³-hybridized carbons (Fsp3) is 0.526. The topological polar surface area (TPSA) is 84.5 Å². The summed E-state index contributed by atoms with van der Waals surface area (Å²) in [5, 5.41) is 5.79. The van der Waals surface area contributed by atoms with Crippen LogP contribution < -0.4 is 10.6 Å². The van der Waals surface area contributed by atoms with Gasteiger partial charge in [0, 0.05) is 23.9 Å². The van der Waals surface area contributed by atoms with Crippen LogP contribution in [0.2, 0.25) is 0 Å². The fourth-order valence-electron chi connectivity index (χ4n) is 2.61. The SMILES string of the molecule is CC(C)(C)[C@@H](CNC(=O)Cc1ccc(Br)cc1)NC(=O)C1CCC(=O)O1. The molecule has 6 nitrogen and oxygen atoms in total. The van der Waals surface area contributed by atoms with Gasteiger partial charge in [-0.05, 0) is 23.1 Å². The lowest BCUT2D eigenvalue weighted by Gasteiger charge is -2.32. The second kappa shape index (κ2) is 8.66. The van der Waals surface area contributed by atoms with Gasteiger partial charge in [-0.15, -0.1) is 0 Å². The van der Waals surface area contributed by atoms with E-state index >= 15 is 0 Å². The fourth-order valence-corrected chi connectivity index (χ4v) is 2.88. The van der Waals surface area contributed by atoms with E-state index in [1.807, 2.05) is 45.0 Å². The van der Waals surface area contributed by atoms with E-state index in [4.69, 9.17) is 4.74 Å². The molecule has 0 radical (unpaired) electrons. The molecule has 1 aliphatic heterocycles. The van der Waals surface area contributed by atoms with E-state index in [-0.39, 0.29) is 42.1 Å². The maximum absolute atomic E-state index is 12.3. The van der Waals surface area contributed by atoms with Crippen LogP contribution in [0, 0.1) is 5.41 Å². The van der Waals surface area contributed by atoms with Crippen LogP contribution in [0.25, 0.3) is 0 Å². The van der Waals surface area contributed by atoms with Crippen LogP contribution in [-0.4, -0.2) is 36.5 Å². The van der Waals surface area contributed by atoms with E-state index in [0.29, 0.717) is 13.0 Å². The molecule has 1 unspecified atom stereocenters. The van der Waals surface area contributed by atoms with Gasteiger partial charge in [0.25, 0.3) is 5.91 Å². The Morgan fingerprint density at radius 1 is 1.27 bits per heavy atom. The number of cyclic esters (lactones) is 1. The zero-order valence-corrected chi connectivity index (χ0v) is 16.9. The summed E-state index contributed by atoms with van der Waals surface area (Å²) in [5.41, 5.74) is 0.656. The minimum Gasteiger partial charge on any atom is -0.452 e. The molecule has 26 heavy (non-hydrogen) atoms. The Hall–Kier alpha value is -1.89. The van der Waals surface area contributed by atoms with Crippen molar-refractivity contribution >= 4 is 33.7 Å². The van der Waals surface area contributed by atoms with Crippen molar-refractivity contribution in [2.75, 3.05) is 6.54 Å². The highest BCUT2D eigenvalue weighted by Crippen LogP contribution is 2.21. The van der Waals surface area contributed by atoms with Crippen LogP contribution in [0.3, 0.4) is 0 Å². The predicted molar refractivity (Wildman–Crippen MR) is 101 cm³/mol. The highest BCUT2D eigenvalue weighted by Gasteiger charge is 2.34. The molecule has 142 valence electrons. The third kappa shape index (κ3) is 6.12. The first-order chi connectivity index (χ1) is 12.1. The van der Waals surface area contributed by atoms with Gasteiger partial charge in [0.1, 0.15) is 0 Å². The van der Waals surface area contributed by atoms with E-state index < -0.39 is 6.10 Å². The quantitative estimate of drug-likeness (QED) is 0.686. The van der Waals surface area contributed by atoms with Gasteiger partial charge in [-0.2, -0.15) is 0 Å². The summed E-state index contributed by atoms with van der Waals surface area (Å²) in [6.07, 6.45) is 0.212. The summed E-state index contributed by atoms with van der Waals surface area (Å²) in [4.78, 5) is 35.7. The molecule has 2 rings (SSSR count). The molecule has 0 aromatic heterocycles. The Bertz CT molecular complexity index is 667. The monoisotopic (exact) mass is 424 g/mol. The number of ether oxygens (including phenoxy) is 1. The number of hydrogen-bond acceptors (Lipinski definition) is 4. The molecule has 0 saturated carbocycles. The van der Waals surface area contributed by atoms with Gasteiger partial charge in [0.2, 0.25) is 5.91 Å². The van der Waals surface area contributed by atoms with Crippen molar-refractivity contribution in [1.29, 1.82) is 0 Å². The van der Waals surface area contributed by atoms with Crippen LogP contribution in [-0.2, 0) is 25.5 Å². The van der Waals surface area contributed by atoms with E-state index in [1.54, 1.807) is 0 Å². The number of benzene rings is 1. The van der Waals surface area contributed by atoms with E-state index in [9.17, 15) is 14.4 Å². The van der Waals surface area contributed by atoms with E-state index in [2.05, 4.69) is 26.6 Å². The van der Waals surface area contributed by atoms with Crippen LogP contribution >= 0.6 is 15.9 Å². The van der Waals surface area contributed by atoms with Gasteiger partial charge >= 0.3 is 5.97 Å². The van der Waals surface area contributed by atoms with Crippen LogP contribution in [0.5, 0.6) is 0 Å². The van der Waals surface area contributed by atoms with Gasteiger partial charge in [-0.3, -0.25) is 14.4 Å². The molecular weight excluding hydrogens is 400 g/mol. The highest BCUT2D eigenvalue weighted by atomic mass is 79.9. The summed E-state index contributed by atoms with van der Waals surface area (Å²) in [6.45, 7) is 6.27. The molecule has 7 heteroatoms. The number of hydrogen-bond donors (Lipinski definition) is 2. The van der Waals surface area contributed by atoms with E-state index in [0.717, 1.165) is 10.0 Å². The van der Waals surface area contributed by atoms with Crippen LogP contribution in [0.15, 0.2) is 28.7 Å². The average Bonchev–Trinajstić information content (AvgIpc) is 2.99. The van der Waals surface area contributed by atoms with Gasteiger partial charge in [-0.25, -0.2) is 0 Å². The molecule has 1 fully saturated rings. The third-order valence-electron chi connectivity index (χ3n) is 4.32. The summed E-state index contributed by atoms with van der Waals surface area (Å²) in [7, 11) is 0. The number of carbonyl (C=O) groups is 3. The average molecular weight is 425 g/mol. The van der Waals surface area contributed by atoms with Crippen molar-refractivity contribution in [2.45, 2.75) is 52.2 Å². The highest BCUT2D eigenvalue weighted by molar-refractivity contribution is 9.10. The molecule has 0 bridgehead atoms. The molecule has 0 aliphatic carbocycles. The van der Waals surface area contributed by atoms with Crippen molar-refractivity contribution in [2.24, 2.45) is 5.41 Å². The molecule has 1 saturated heterocycles. The van der Waals surface area contributed by atoms with Crippen molar-refractivity contribution in [1.82, 2.24) is 10.6 Å². The normalized spacial score (nSPS) is 18.2. The number of esters is 1. The summed E-state index contributed by atoms with van der Waals surface area (Å²) < 4.78 is 5.97. The summed E-state index contributed by atoms with van der Waals surface area (Å²) in [6, 6.07) is 7.29. The molecule has 2 amide bonds. The summed E-state index contributed by atoms with van der Waals surface area (Å²) >= 11 is 3.37. The predicted octanol–water partition coefficient (Wildman–Crippen LogP) is 2.34. The maximum atomic E-state index is 12.3. The molecule has 2 atom stereocenters. The van der Waals surface area contributed by atoms with Crippen molar-refractivity contribution < 1.29 is 19.1 Å². The summed E-state index contributed by atoms with van der Waals surface area (Å²) in [5.74, 6) is -0.763. The Kier molecular flexibility index (Phi) is 6.81. The second-order valence-corrected chi connectivity index (χ2v) is 8.47. The first kappa shape index (κ1) is 20.4. The molecule has 0 spiro atoms.